The number of halogens is 1. The Bertz CT molecular complexity index is 508. The summed E-state index contributed by atoms with van der Waals surface area (Å²) in [4.78, 5) is 10.6. The van der Waals surface area contributed by atoms with Gasteiger partial charge in [-0.05, 0) is 18.2 Å². The normalized spacial score (nSPS) is 8.81. The molecule has 0 fully saturated rings. The number of thioether (sulfide) groups is 1. The summed E-state index contributed by atoms with van der Waals surface area (Å²) in [5.41, 5.74) is 1.09. The summed E-state index contributed by atoms with van der Waals surface area (Å²) >= 11 is 6.90. The maximum absolute atomic E-state index is 10.6. The van der Waals surface area contributed by atoms with Crippen molar-refractivity contribution in [2.75, 3.05) is 5.75 Å². The standard InChI is InChI=1S/C12H8ClNOS/c1-9(15)16-6-2-3-10-4-5-12(13)7-11(10)8-14/h4-5,7H,6H2,1H3. The fourth-order valence-electron chi connectivity index (χ4n) is 0.987. The number of benzene rings is 1. The van der Waals surface area contributed by atoms with Gasteiger partial charge in [-0.15, -0.1) is 0 Å². The topological polar surface area (TPSA) is 40.9 Å². The van der Waals surface area contributed by atoms with Crippen LogP contribution < -0.4 is 0 Å². The fourth-order valence-corrected chi connectivity index (χ4v) is 1.51. The van der Waals surface area contributed by atoms with Crippen LogP contribution in [-0.4, -0.2) is 10.9 Å². The predicted molar refractivity (Wildman–Crippen MR) is 66.2 cm³/mol. The third-order valence-electron chi connectivity index (χ3n) is 1.67. The second kappa shape index (κ2) is 6.23. The molecule has 0 atom stereocenters. The molecule has 16 heavy (non-hydrogen) atoms. The molecule has 0 saturated heterocycles. The van der Waals surface area contributed by atoms with Crippen molar-refractivity contribution in [3.63, 3.8) is 0 Å². The van der Waals surface area contributed by atoms with Crippen LogP contribution in [-0.2, 0) is 4.79 Å². The van der Waals surface area contributed by atoms with Gasteiger partial charge in [-0.25, -0.2) is 0 Å². The lowest BCUT2D eigenvalue weighted by Crippen LogP contribution is -1.85. The van der Waals surface area contributed by atoms with Crippen molar-refractivity contribution < 1.29 is 4.79 Å². The Morgan fingerprint density at radius 3 is 2.88 bits per heavy atom. The van der Waals surface area contributed by atoms with Crippen molar-refractivity contribution >= 4 is 28.5 Å². The number of nitrogens with zero attached hydrogens (tertiary/aromatic N) is 1. The monoisotopic (exact) mass is 249 g/mol. The van der Waals surface area contributed by atoms with E-state index in [2.05, 4.69) is 11.8 Å². The minimum Gasteiger partial charge on any atom is -0.288 e. The highest BCUT2D eigenvalue weighted by atomic mass is 35.5. The smallest absolute Gasteiger partial charge is 0.186 e. The van der Waals surface area contributed by atoms with Gasteiger partial charge >= 0.3 is 0 Å². The Hall–Kier alpha value is -1.42. The first kappa shape index (κ1) is 12.6. The quantitative estimate of drug-likeness (QED) is 0.719. The molecular formula is C12H8ClNOS. The van der Waals surface area contributed by atoms with Crippen molar-refractivity contribution in [1.29, 1.82) is 5.26 Å². The lowest BCUT2D eigenvalue weighted by Gasteiger charge is -1.95. The van der Waals surface area contributed by atoms with Crippen LogP contribution in [0.3, 0.4) is 0 Å². The van der Waals surface area contributed by atoms with Gasteiger partial charge in [0.05, 0.1) is 11.3 Å². The van der Waals surface area contributed by atoms with Crippen molar-refractivity contribution in [1.82, 2.24) is 0 Å². The second-order valence-electron chi connectivity index (χ2n) is 2.88. The van der Waals surface area contributed by atoms with Crippen molar-refractivity contribution in [3.8, 4) is 17.9 Å². The second-order valence-corrected chi connectivity index (χ2v) is 4.47. The van der Waals surface area contributed by atoms with Gasteiger partial charge in [-0.1, -0.05) is 35.2 Å². The highest BCUT2D eigenvalue weighted by Gasteiger charge is 1.99. The molecule has 1 aromatic rings. The van der Waals surface area contributed by atoms with Crippen molar-refractivity contribution in [3.05, 3.63) is 34.3 Å². The van der Waals surface area contributed by atoms with E-state index in [1.54, 1.807) is 18.2 Å². The molecule has 0 heterocycles. The van der Waals surface area contributed by atoms with Gasteiger partial charge in [0.15, 0.2) is 5.12 Å². The van der Waals surface area contributed by atoms with Gasteiger partial charge in [0.1, 0.15) is 6.07 Å². The lowest BCUT2D eigenvalue weighted by atomic mass is 10.1. The van der Waals surface area contributed by atoms with Crippen LogP contribution in [0, 0.1) is 23.2 Å². The Balaban J connectivity index is 2.81. The number of rotatable bonds is 1. The minimum atomic E-state index is 0.0333. The molecule has 1 rings (SSSR count). The average molecular weight is 250 g/mol. The molecule has 0 aliphatic heterocycles. The SMILES string of the molecule is CC(=O)SCC#Cc1ccc(Cl)cc1C#N. The van der Waals surface area contributed by atoms with E-state index in [1.165, 1.54) is 6.92 Å². The Morgan fingerprint density at radius 2 is 2.25 bits per heavy atom. The first-order chi connectivity index (χ1) is 7.63. The van der Waals surface area contributed by atoms with Crippen molar-refractivity contribution in [2.45, 2.75) is 6.92 Å². The Labute approximate surface area is 104 Å². The first-order valence-electron chi connectivity index (χ1n) is 4.45. The van der Waals surface area contributed by atoms with Crippen LogP contribution in [0.15, 0.2) is 18.2 Å². The number of carbonyl (C=O) groups excluding carboxylic acids is 1. The minimum absolute atomic E-state index is 0.0333. The van der Waals surface area contributed by atoms with E-state index in [-0.39, 0.29) is 5.12 Å². The van der Waals surface area contributed by atoms with Gasteiger partial charge in [0.2, 0.25) is 0 Å². The summed E-state index contributed by atoms with van der Waals surface area (Å²) in [5.74, 6) is 6.10. The summed E-state index contributed by atoms with van der Waals surface area (Å²) in [6, 6.07) is 6.98. The molecule has 4 heteroatoms. The summed E-state index contributed by atoms with van der Waals surface area (Å²) < 4.78 is 0. The summed E-state index contributed by atoms with van der Waals surface area (Å²) in [7, 11) is 0. The number of hydrogen-bond acceptors (Lipinski definition) is 3. The molecule has 0 saturated carbocycles. The van der Waals surface area contributed by atoms with Gasteiger partial charge in [0.25, 0.3) is 0 Å². The maximum Gasteiger partial charge on any atom is 0.186 e. The highest BCUT2D eigenvalue weighted by molar-refractivity contribution is 8.13. The van der Waals surface area contributed by atoms with Crippen LogP contribution in [0.4, 0.5) is 0 Å². The van der Waals surface area contributed by atoms with Crippen LogP contribution >= 0.6 is 23.4 Å². The van der Waals surface area contributed by atoms with E-state index >= 15 is 0 Å². The first-order valence-corrected chi connectivity index (χ1v) is 5.81. The van der Waals surface area contributed by atoms with E-state index in [1.807, 2.05) is 6.07 Å². The zero-order chi connectivity index (χ0) is 12.0. The third-order valence-corrected chi connectivity index (χ3v) is 2.60. The van der Waals surface area contributed by atoms with Crippen LogP contribution in [0.1, 0.15) is 18.1 Å². The molecule has 0 aliphatic rings. The molecule has 0 bridgehead atoms. The number of nitriles is 1. The lowest BCUT2D eigenvalue weighted by molar-refractivity contribution is -0.109. The molecule has 0 aliphatic carbocycles. The molecule has 0 aromatic heterocycles. The largest absolute Gasteiger partial charge is 0.288 e. The maximum atomic E-state index is 10.6. The molecule has 2 nitrogen and oxygen atoms in total. The van der Waals surface area contributed by atoms with Crippen LogP contribution in [0.25, 0.3) is 0 Å². The summed E-state index contributed by atoms with van der Waals surface area (Å²) in [6.07, 6.45) is 0. The Morgan fingerprint density at radius 1 is 1.50 bits per heavy atom. The third kappa shape index (κ3) is 3.98. The summed E-state index contributed by atoms with van der Waals surface area (Å²) in [5, 5.41) is 9.40. The predicted octanol–water partition coefficient (Wildman–Crippen LogP) is 2.84. The van der Waals surface area contributed by atoms with E-state index < -0.39 is 0 Å². The molecule has 0 spiro atoms. The molecular weight excluding hydrogens is 242 g/mol. The molecule has 0 unspecified atom stereocenters. The van der Waals surface area contributed by atoms with Crippen LogP contribution in [0.5, 0.6) is 0 Å². The van der Waals surface area contributed by atoms with E-state index in [0.29, 0.717) is 21.9 Å². The van der Waals surface area contributed by atoms with Gasteiger partial charge in [-0.2, -0.15) is 5.26 Å². The highest BCUT2D eigenvalue weighted by Crippen LogP contribution is 2.14. The molecule has 1 aromatic carbocycles. The molecule has 0 amide bonds. The van der Waals surface area contributed by atoms with Gasteiger partial charge in [-0.3, -0.25) is 4.79 Å². The Kier molecular flexibility index (Phi) is 4.92. The van der Waals surface area contributed by atoms with E-state index in [4.69, 9.17) is 16.9 Å². The number of hydrogen-bond donors (Lipinski definition) is 0. The molecule has 0 N–H and O–H groups in total. The zero-order valence-corrected chi connectivity index (χ0v) is 10.2. The number of carbonyl (C=O) groups is 1. The average Bonchev–Trinajstić information content (AvgIpc) is 2.25. The zero-order valence-electron chi connectivity index (χ0n) is 8.58. The van der Waals surface area contributed by atoms with Crippen molar-refractivity contribution in [2.24, 2.45) is 0 Å². The fraction of sp³-hybridized carbons (Fsp3) is 0.167. The van der Waals surface area contributed by atoms with Crippen LogP contribution in [0.2, 0.25) is 5.02 Å². The molecule has 0 radical (unpaired) electrons. The molecule has 80 valence electrons. The van der Waals surface area contributed by atoms with E-state index in [9.17, 15) is 4.79 Å². The van der Waals surface area contributed by atoms with Gasteiger partial charge in [0, 0.05) is 17.5 Å². The summed E-state index contributed by atoms with van der Waals surface area (Å²) in [6.45, 7) is 1.50. The van der Waals surface area contributed by atoms with E-state index in [0.717, 1.165) is 11.8 Å². The van der Waals surface area contributed by atoms with Gasteiger partial charge < -0.3 is 0 Å².